The van der Waals surface area contributed by atoms with E-state index in [1.807, 2.05) is 0 Å². The molecule has 1 aromatic rings. The van der Waals surface area contributed by atoms with Gasteiger partial charge >= 0.3 is 6.18 Å². The highest BCUT2D eigenvalue weighted by molar-refractivity contribution is 5.28. The van der Waals surface area contributed by atoms with Gasteiger partial charge in [-0.05, 0) is 50.9 Å². The third-order valence-electron chi connectivity index (χ3n) is 4.13. The van der Waals surface area contributed by atoms with Crippen molar-refractivity contribution >= 4 is 0 Å². The van der Waals surface area contributed by atoms with Crippen LogP contribution in [0.15, 0.2) is 24.3 Å². The Bertz CT molecular complexity index is 468. The van der Waals surface area contributed by atoms with Gasteiger partial charge in [-0.3, -0.25) is 4.90 Å². The lowest BCUT2D eigenvalue weighted by Crippen LogP contribution is -2.42. The number of rotatable bonds is 3. The summed E-state index contributed by atoms with van der Waals surface area (Å²) in [6, 6.07) is 4.94. The van der Waals surface area contributed by atoms with E-state index in [1.165, 1.54) is 6.07 Å². The van der Waals surface area contributed by atoms with Crippen molar-refractivity contribution in [2.24, 2.45) is 5.73 Å². The number of nitrogens with two attached hydrogens (primary N) is 1. The van der Waals surface area contributed by atoms with Crippen LogP contribution in [0, 0.1) is 0 Å². The maximum atomic E-state index is 12.7. The first-order chi connectivity index (χ1) is 9.20. The minimum Gasteiger partial charge on any atom is -0.323 e. The third-order valence-corrected chi connectivity index (χ3v) is 4.13. The molecule has 2 rings (SSSR count). The molecule has 5 heteroatoms. The quantitative estimate of drug-likeness (QED) is 0.920. The normalized spacial score (nSPS) is 21.1. The molecular formula is C15H21F3N2. The molecule has 0 aromatic heterocycles. The Morgan fingerprint density at radius 2 is 2.05 bits per heavy atom. The molecule has 2 nitrogen and oxygen atoms in total. The van der Waals surface area contributed by atoms with Crippen molar-refractivity contribution in [3.8, 4) is 0 Å². The summed E-state index contributed by atoms with van der Waals surface area (Å²) in [5.74, 6) is 0. The summed E-state index contributed by atoms with van der Waals surface area (Å²) in [6.45, 7) is 5.85. The van der Waals surface area contributed by atoms with Crippen LogP contribution in [-0.2, 0) is 6.18 Å². The number of alkyl halides is 3. The monoisotopic (exact) mass is 286 g/mol. The van der Waals surface area contributed by atoms with Gasteiger partial charge in [-0.15, -0.1) is 0 Å². The summed E-state index contributed by atoms with van der Waals surface area (Å²) in [4.78, 5) is 2.26. The van der Waals surface area contributed by atoms with Gasteiger partial charge in [0.2, 0.25) is 0 Å². The summed E-state index contributed by atoms with van der Waals surface area (Å²) in [6.07, 6.45) is -2.10. The Morgan fingerprint density at radius 3 is 2.60 bits per heavy atom. The Hall–Kier alpha value is -1.07. The average Bonchev–Trinajstić information content (AvgIpc) is 2.68. The van der Waals surface area contributed by atoms with Gasteiger partial charge in [0.05, 0.1) is 5.56 Å². The Kier molecular flexibility index (Phi) is 4.12. The van der Waals surface area contributed by atoms with Crippen LogP contribution in [-0.4, -0.2) is 23.5 Å². The van der Waals surface area contributed by atoms with E-state index in [2.05, 4.69) is 18.7 Å². The van der Waals surface area contributed by atoms with Gasteiger partial charge in [0.25, 0.3) is 0 Å². The van der Waals surface area contributed by atoms with Gasteiger partial charge in [-0.25, -0.2) is 0 Å². The molecule has 0 spiro atoms. The second kappa shape index (κ2) is 5.37. The summed E-state index contributed by atoms with van der Waals surface area (Å²) < 4.78 is 38.1. The van der Waals surface area contributed by atoms with Gasteiger partial charge in [-0.2, -0.15) is 13.2 Å². The third kappa shape index (κ3) is 3.33. The summed E-state index contributed by atoms with van der Waals surface area (Å²) in [5.41, 5.74) is 6.09. The van der Waals surface area contributed by atoms with Crippen molar-refractivity contribution in [2.45, 2.75) is 44.4 Å². The number of halogens is 3. The van der Waals surface area contributed by atoms with Crippen molar-refractivity contribution in [2.75, 3.05) is 13.1 Å². The van der Waals surface area contributed by atoms with Gasteiger partial charge in [0.15, 0.2) is 0 Å². The van der Waals surface area contributed by atoms with Gasteiger partial charge in [0.1, 0.15) is 0 Å². The van der Waals surface area contributed by atoms with E-state index >= 15 is 0 Å². The molecular weight excluding hydrogens is 265 g/mol. The maximum absolute atomic E-state index is 12.7. The lowest BCUT2D eigenvalue weighted by molar-refractivity contribution is -0.137. The first-order valence-corrected chi connectivity index (χ1v) is 6.88. The zero-order valence-electron chi connectivity index (χ0n) is 11.9. The predicted molar refractivity (Wildman–Crippen MR) is 73.3 cm³/mol. The van der Waals surface area contributed by atoms with E-state index in [4.69, 9.17) is 5.73 Å². The molecule has 0 aliphatic carbocycles. The molecule has 0 radical (unpaired) electrons. The van der Waals surface area contributed by atoms with Crippen molar-refractivity contribution < 1.29 is 13.2 Å². The smallest absolute Gasteiger partial charge is 0.323 e. The molecule has 1 saturated heterocycles. The van der Waals surface area contributed by atoms with Crippen LogP contribution in [0.1, 0.15) is 43.9 Å². The second-order valence-electron chi connectivity index (χ2n) is 6.09. The van der Waals surface area contributed by atoms with Crippen LogP contribution >= 0.6 is 0 Å². The Labute approximate surface area is 117 Å². The lowest BCUT2D eigenvalue weighted by atomic mass is 9.99. The van der Waals surface area contributed by atoms with E-state index in [0.717, 1.165) is 31.5 Å². The molecule has 112 valence electrons. The fourth-order valence-corrected chi connectivity index (χ4v) is 2.79. The van der Waals surface area contributed by atoms with Crippen molar-refractivity contribution in [1.82, 2.24) is 4.90 Å². The zero-order chi connectivity index (χ0) is 15.0. The molecule has 0 bridgehead atoms. The number of benzene rings is 1. The predicted octanol–water partition coefficient (Wildman–Crippen LogP) is 3.58. The van der Waals surface area contributed by atoms with Crippen molar-refractivity contribution in [1.29, 1.82) is 0 Å². The van der Waals surface area contributed by atoms with Crippen LogP contribution in [0.2, 0.25) is 0 Å². The molecule has 2 N–H and O–H groups in total. The van der Waals surface area contributed by atoms with E-state index in [1.54, 1.807) is 6.07 Å². The van der Waals surface area contributed by atoms with Crippen molar-refractivity contribution in [3.63, 3.8) is 0 Å². The Balaban J connectivity index is 2.12. The van der Waals surface area contributed by atoms with Gasteiger partial charge < -0.3 is 5.73 Å². The minimum atomic E-state index is -4.32. The highest BCUT2D eigenvalue weighted by atomic mass is 19.4. The van der Waals surface area contributed by atoms with Crippen LogP contribution in [0.5, 0.6) is 0 Å². The fourth-order valence-electron chi connectivity index (χ4n) is 2.79. The number of likely N-dealkylation sites (tertiary alicyclic amines) is 1. The lowest BCUT2D eigenvalue weighted by Gasteiger charge is -2.33. The van der Waals surface area contributed by atoms with Crippen LogP contribution in [0.4, 0.5) is 13.2 Å². The molecule has 1 atom stereocenters. The molecule has 1 aromatic carbocycles. The first kappa shape index (κ1) is 15.3. The SMILES string of the molecule is CC1(C)CCCN1CC(N)c1cccc(C(F)(F)F)c1. The van der Waals surface area contributed by atoms with Crippen molar-refractivity contribution in [3.05, 3.63) is 35.4 Å². The first-order valence-electron chi connectivity index (χ1n) is 6.88. The van der Waals surface area contributed by atoms with E-state index in [-0.39, 0.29) is 5.54 Å². The second-order valence-corrected chi connectivity index (χ2v) is 6.09. The van der Waals surface area contributed by atoms with E-state index in [0.29, 0.717) is 12.1 Å². The highest BCUT2D eigenvalue weighted by Gasteiger charge is 2.34. The van der Waals surface area contributed by atoms with Crippen LogP contribution in [0.3, 0.4) is 0 Å². The molecule has 1 unspecified atom stereocenters. The number of hydrogen-bond acceptors (Lipinski definition) is 2. The number of nitrogens with zero attached hydrogens (tertiary/aromatic N) is 1. The topological polar surface area (TPSA) is 29.3 Å². The molecule has 20 heavy (non-hydrogen) atoms. The van der Waals surface area contributed by atoms with Crippen LogP contribution < -0.4 is 5.73 Å². The zero-order valence-corrected chi connectivity index (χ0v) is 11.9. The van der Waals surface area contributed by atoms with E-state index in [9.17, 15) is 13.2 Å². The van der Waals surface area contributed by atoms with Gasteiger partial charge in [-0.1, -0.05) is 12.1 Å². The van der Waals surface area contributed by atoms with Crippen LogP contribution in [0.25, 0.3) is 0 Å². The molecule has 0 amide bonds. The largest absolute Gasteiger partial charge is 0.416 e. The fraction of sp³-hybridized carbons (Fsp3) is 0.600. The number of hydrogen-bond donors (Lipinski definition) is 1. The standard InChI is InChI=1S/C15H21F3N2/c1-14(2)7-4-8-20(14)10-13(19)11-5-3-6-12(9-11)15(16,17)18/h3,5-6,9,13H,4,7-8,10,19H2,1-2H3. The van der Waals surface area contributed by atoms with E-state index < -0.39 is 17.8 Å². The molecule has 1 aliphatic rings. The molecule has 0 saturated carbocycles. The minimum absolute atomic E-state index is 0.0826. The average molecular weight is 286 g/mol. The summed E-state index contributed by atoms with van der Waals surface area (Å²) in [7, 11) is 0. The molecule has 1 fully saturated rings. The van der Waals surface area contributed by atoms with Gasteiger partial charge in [0, 0.05) is 18.1 Å². The highest BCUT2D eigenvalue weighted by Crippen LogP contribution is 2.32. The summed E-state index contributed by atoms with van der Waals surface area (Å²) >= 11 is 0. The molecule has 1 aliphatic heterocycles. The molecule has 1 heterocycles. The summed E-state index contributed by atoms with van der Waals surface area (Å²) in [5, 5.41) is 0. The maximum Gasteiger partial charge on any atom is 0.416 e. The Morgan fingerprint density at radius 1 is 1.35 bits per heavy atom.